The van der Waals surface area contributed by atoms with Crippen molar-refractivity contribution in [3.8, 4) is 34.0 Å². The molecule has 0 bridgehead atoms. The summed E-state index contributed by atoms with van der Waals surface area (Å²) in [6.45, 7) is -0.0378. The zero-order chi connectivity index (χ0) is 23.1. The summed E-state index contributed by atoms with van der Waals surface area (Å²) in [4.78, 5) is 30.4. The number of carbonyl (C=O) groups excluding carboxylic acids is 1. The maximum Gasteiger partial charge on any atom is 0.267 e. The predicted molar refractivity (Wildman–Crippen MR) is 127 cm³/mol. The fourth-order valence-electron chi connectivity index (χ4n) is 3.70. The van der Waals surface area contributed by atoms with Gasteiger partial charge in [-0.3, -0.25) is 14.0 Å². The van der Waals surface area contributed by atoms with Crippen molar-refractivity contribution in [3.05, 3.63) is 82.7 Å². The molecule has 3 aromatic heterocycles. The van der Waals surface area contributed by atoms with Crippen molar-refractivity contribution in [2.24, 2.45) is 0 Å². The highest BCUT2D eigenvalue weighted by molar-refractivity contribution is 7.15. The molecule has 1 N–H and O–H groups in total. The Hall–Kier alpha value is -4.44. The summed E-state index contributed by atoms with van der Waals surface area (Å²) in [6.07, 6.45) is 3.92. The van der Waals surface area contributed by atoms with Crippen LogP contribution in [0.1, 0.15) is 0 Å². The SMILES string of the molecule is O=C(Cn1nc(-c2ccc3c(c2)OCO3)ccc1=O)Nc1ccc(-c2cn3ccsc3n2)cc1. The number of amides is 1. The summed E-state index contributed by atoms with van der Waals surface area (Å²) in [7, 11) is 0. The van der Waals surface area contributed by atoms with E-state index in [-0.39, 0.29) is 24.8 Å². The molecule has 34 heavy (non-hydrogen) atoms. The summed E-state index contributed by atoms with van der Waals surface area (Å²) in [5, 5.41) is 9.15. The van der Waals surface area contributed by atoms with E-state index >= 15 is 0 Å². The van der Waals surface area contributed by atoms with Crippen LogP contribution in [-0.2, 0) is 11.3 Å². The van der Waals surface area contributed by atoms with Gasteiger partial charge in [-0.25, -0.2) is 9.67 Å². The first-order valence-electron chi connectivity index (χ1n) is 10.4. The van der Waals surface area contributed by atoms with Gasteiger partial charge in [-0.05, 0) is 36.4 Å². The normalized spacial score (nSPS) is 12.2. The number of hydrogen-bond acceptors (Lipinski definition) is 7. The van der Waals surface area contributed by atoms with Gasteiger partial charge in [-0.1, -0.05) is 12.1 Å². The van der Waals surface area contributed by atoms with Gasteiger partial charge in [0.2, 0.25) is 12.7 Å². The fraction of sp³-hybridized carbons (Fsp3) is 0.0833. The summed E-state index contributed by atoms with van der Waals surface area (Å²) < 4.78 is 13.8. The summed E-state index contributed by atoms with van der Waals surface area (Å²) in [6, 6.07) is 15.8. The third-order valence-corrected chi connectivity index (χ3v) is 6.16. The summed E-state index contributed by atoms with van der Waals surface area (Å²) in [5.74, 6) is 0.927. The first-order valence-corrected chi connectivity index (χ1v) is 11.3. The van der Waals surface area contributed by atoms with Gasteiger partial charge in [-0.2, -0.15) is 5.10 Å². The third kappa shape index (κ3) is 3.80. The van der Waals surface area contributed by atoms with E-state index in [9.17, 15) is 9.59 Å². The van der Waals surface area contributed by atoms with Crippen LogP contribution in [0.4, 0.5) is 5.69 Å². The molecule has 4 heterocycles. The molecule has 10 heteroatoms. The maximum atomic E-state index is 12.6. The highest BCUT2D eigenvalue weighted by Crippen LogP contribution is 2.35. The molecule has 6 rings (SSSR count). The van der Waals surface area contributed by atoms with Crippen LogP contribution in [0.2, 0.25) is 0 Å². The Bertz CT molecular complexity index is 1560. The van der Waals surface area contributed by atoms with Gasteiger partial charge in [0.15, 0.2) is 16.5 Å². The van der Waals surface area contributed by atoms with Crippen molar-refractivity contribution in [2.75, 3.05) is 12.1 Å². The van der Waals surface area contributed by atoms with Crippen molar-refractivity contribution >= 4 is 27.9 Å². The van der Waals surface area contributed by atoms with Crippen LogP contribution in [0.15, 0.2) is 77.2 Å². The Balaban J connectivity index is 1.16. The van der Waals surface area contributed by atoms with Gasteiger partial charge in [0, 0.05) is 40.7 Å². The summed E-state index contributed by atoms with van der Waals surface area (Å²) >= 11 is 1.57. The number of anilines is 1. The second-order valence-corrected chi connectivity index (χ2v) is 8.50. The molecule has 0 saturated carbocycles. The van der Waals surface area contributed by atoms with Crippen molar-refractivity contribution in [2.45, 2.75) is 6.54 Å². The van der Waals surface area contributed by atoms with Crippen molar-refractivity contribution in [3.63, 3.8) is 0 Å². The lowest BCUT2D eigenvalue weighted by atomic mass is 10.1. The molecule has 0 atom stereocenters. The van der Waals surface area contributed by atoms with Crippen molar-refractivity contribution < 1.29 is 14.3 Å². The largest absolute Gasteiger partial charge is 0.454 e. The molecule has 0 aliphatic carbocycles. The molecule has 0 saturated heterocycles. The second kappa shape index (κ2) is 8.16. The van der Waals surface area contributed by atoms with Gasteiger partial charge in [0.1, 0.15) is 6.54 Å². The maximum absolute atomic E-state index is 12.6. The first kappa shape index (κ1) is 20.2. The third-order valence-electron chi connectivity index (χ3n) is 5.39. The number of fused-ring (bicyclic) bond motifs is 2. The molecule has 0 fully saturated rings. The van der Waals surface area contributed by atoms with Gasteiger partial charge in [0.25, 0.3) is 5.56 Å². The van der Waals surface area contributed by atoms with Crippen LogP contribution in [0, 0.1) is 0 Å². The monoisotopic (exact) mass is 471 g/mol. The molecule has 2 aromatic carbocycles. The molecule has 5 aromatic rings. The van der Waals surface area contributed by atoms with E-state index < -0.39 is 0 Å². The fourth-order valence-corrected chi connectivity index (χ4v) is 4.40. The highest BCUT2D eigenvalue weighted by atomic mass is 32.1. The van der Waals surface area contributed by atoms with Crippen LogP contribution in [0.25, 0.3) is 27.5 Å². The Morgan fingerprint density at radius 3 is 2.68 bits per heavy atom. The van der Waals surface area contributed by atoms with Crippen LogP contribution in [0.3, 0.4) is 0 Å². The molecular weight excluding hydrogens is 454 g/mol. The Kier molecular flexibility index (Phi) is 4.84. The number of thiazole rings is 1. The standard InChI is InChI=1S/C24H17N5O4S/c30-22(25-17-4-1-15(2-5-17)19-12-28-9-10-34-24(28)26-19)13-29-23(31)8-6-18(27-29)16-3-7-20-21(11-16)33-14-32-20/h1-12H,13-14H2,(H,25,30). The minimum Gasteiger partial charge on any atom is -0.454 e. The van der Waals surface area contributed by atoms with Gasteiger partial charge in [0.05, 0.1) is 11.4 Å². The second-order valence-electron chi connectivity index (χ2n) is 7.63. The lowest BCUT2D eigenvalue weighted by molar-refractivity contribution is -0.117. The first-order chi connectivity index (χ1) is 16.6. The molecule has 1 amide bonds. The molecule has 1 aliphatic rings. The predicted octanol–water partition coefficient (Wildman–Crippen LogP) is 3.65. The molecule has 1 aliphatic heterocycles. The average molecular weight is 471 g/mol. The number of nitrogens with zero attached hydrogens (tertiary/aromatic N) is 4. The van der Waals surface area contributed by atoms with E-state index in [1.807, 2.05) is 40.4 Å². The van der Waals surface area contributed by atoms with E-state index in [1.165, 1.54) is 6.07 Å². The minimum atomic E-state index is -0.366. The molecule has 168 valence electrons. The molecule has 0 unspecified atom stereocenters. The van der Waals surface area contributed by atoms with E-state index in [0.717, 1.165) is 26.5 Å². The Morgan fingerprint density at radius 2 is 1.82 bits per heavy atom. The zero-order valence-electron chi connectivity index (χ0n) is 17.7. The molecule has 0 radical (unpaired) electrons. The number of rotatable bonds is 5. The Morgan fingerprint density at radius 1 is 1.00 bits per heavy atom. The number of imidazole rings is 1. The van der Waals surface area contributed by atoms with Crippen molar-refractivity contribution in [1.29, 1.82) is 0 Å². The molecule has 9 nitrogen and oxygen atoms in total. The summed E-state index contributed by atoms with van der Waals surface area (Å²) in [5.41, 5.74) is 3.37. The van der Waals surface area contributed by atoms with E-state index in [2.05, 4.69) is 15.4 Å². The lowest BCUT2D eigenvalue weighted by Gasteiger charge is -2.09. The topological polar surface area (TPSA) is 99.8 Å². The molecule has 0 spiro atoms. The van der Waals surface area contributed by atoms with Crippen LogP contribution in [0.5, 0.6) is 11.5 Å². The number of aromatic nitrogens is 4. The number of carbonyl (C=O) groups is 1. The number of nitrogens with one attached hydrogen (secondary N) is 1. The number of hydrogen-bond donors (Lipinski definition) is 1. The van der Waals surface area contributed by atoms with Crippen LogP contribution >= 0.6 is 11.3 Å². The number of benzene rings is 2. The van der Waals surface area contributed by atoms with Gasteiger partial charge >= 0.3 is 0 Å². The van der Waals surface area contributed by atoms with Crippen LogP contribution < -0.4 is 20.3 Å². The van der Waals surface area contributed by atoms with Gasteiger partial charge in [-0.15, -0.1) is 11.3 Å². The molecular formula is C24H17N5O4S. The Labute approximate surface area is 196 Å². The quantitative estimate of drug-likeness (QED) is 0.420. The smallest absolute Gasteiger partial charge is 0.267 e. The van der Waals surface area contributed by atoms with E-state index in [4.69, 9.17) is 9.47 Å². The van der Waals surface area contributed by atoms with E-state index in [1.54, 1.807) is 41.7 Å². The zero-order valence-corrected chi connectivity index (χ0v) is 18.5. The van der Waals surface area contributed by atoms with E-state index in [0.29, 0.717) is 22.9 Å². The lowest BCUT2D eigenvalue weighted by Crippen LogP contribution is -2.29. The van der Waals surface area contributed by atoms with Crippen LogP contribution in [-0.4, -0.2) is 31.9 Å². The van der Waals surface area contributed by atoms with Gasteiger partial charge < -0.3 is 14.8 Å². The number of ether oxygens (including phenoxy) is 2. The minimum absolute atomic E-state index is 0.174. The average Bonchev–Trinajstić information content (AvgIpc) is 3.57. The van der Waals surface area contributed by atoms with Crippen molar-refractivity contribution in [1.82, 2.24) is 19.2 Å². The highest BCUT2D eigenvalue weighted by Gasteiger charge is 2.15.